The van der Waals surface area contributed by atoms with E-state index in [1.165, 1.54) is 29.2 Å². The van der Waals surface area contributed by atoms with Crippen LogP contribution in [0, 0.1) is 0 Å². The molecular formula is C21H18N2O5S2. The maximum absolute atomic E-state index is 12.7. The first-order valence-corrected chi connectivity index (χ1v) is 10.2. The summed E-state index contributed by atoms with van der Waals surface area (Å²) >= 11 is 6.39. The molecule has 1 saturated heterocycles. The summed E-state index contributed by atoms with van der Waals surface area (Å²) in [5, 5.41) is 11.5. The minimum absolute atomic E-state index is 0.115. The van der Waals surface area contributed by atoms with Crippen LogP contribution in [0.5, 0.6) is 5.75 Å². The molecule has 30 heavy (non-hydrogen) atoms. The Kier molecular flexibility index (Phi) is 6.86. The molecule has 2 amide bonds. The lowest BCUT2D eigenvalue weighted by atomic mass is 10.2. The fourth-order valence-electron chi connectivity index (χ4n) is 2.65. The zero-order valence-electron chi connectivity index (χ0n) is 16.0. The van der Waals surface area contributed by atoms with Gasteiger partial charge in [0.15, 0.2) is 0 Å². The van der Waals surface area contributed by atoms with Gasteiger partial charge in [0, 0.05) is 5.69 Å². The van der Waals surface area contributed by atoms with Crippen LogP contribution in [0.15, 0.2) is 53.4 Å². The number of hydrogen-bond acceptors (Lipinski definition) is 6. The summed E-state index contributed by atoms with van der Waals surface area (Å²) in [6, 6.07) is 13.1. The highest BCUT2D eigenvalue weighted by Gasteiger charge is 2.33. The fourth-order valence-corrected chi connectivity index (χ4v) is 3.91. The maximum Gasteiger partial charge on any atom is 0.335 e. The second-order valence-corrected chi connectivity index (χ2v) is 7.88. The van der Waals surface area contributed by atoms with Crippen LogP contribution in [0.2, 0.25) is 0 Å². The van der Waals surface area contributed by atoms with Gasteiger partial charge in [-0.1, -0.05) is 36.1 Å². The number of anilines is 1. The summed E-state index contributed by atoms with van der Waals surface area (Å²) < 4.78 is 5.70. The number of hydrogen-bond donors (Lipinski definition) is 2. The van der Waals surface area contributed by atoms with Crippen molar-refractivity contribution in [3.63, 3.8) is 0 Å². The molecule has 1 heterocycles. The molecule has 0 bridgehead atoms. The molecule has 0 atom stereocenters. The molecule has 2 aromatic rings. The lowest BCUT2D eigenvalue weighted by Crippen LogP contribution is -2.36. The Morgan fingerprint density at radius 1 is 1.17 bits per heavy atom. The smallest absolute Gasteiger partial charge is 0.335 e. The van der Waals surface area contributed by atoms with Gasteiger partial charge in [-0.15, -0.1) is 0 Å². The third-order valence-electron chi connectivity index (χ3n) is 4.08. The molecule has 3 rings (SSSR count). The molecule has 0 radical (unpaired) electrons. The summed E-state index contributed by atoms with van der Waals surface area (Å²) in [5.74, 6) is -1.08. The Morgan fingerprint density at radius 3 is 2.43 bits per heavy atom. The van der Waals surface area contributed by atoms with E-state index in [-0.39, 0.29) is 18.0 Å². The van der Waals surface area contributed by atoms with Crippen molar-refractivity contribution >= 4 is 57.8 Å². The molecule has 0 aliphatic carbocycles. The molecule has 1 aliphatic heterocycles. The van der Waals surface area contributed by atoms with Crippen molar-refractivity contribution in [2.45, 2.75) is 6.92 Å². The van der Waals surface area contributed by atoms with E-state index in [0.29, 0.717) is 21.5 Å². The number of carboxylic acids is 1. The Labute approximate surface area is 182 Å². The monoisotopic (exact) mass is 442 g/mol. The number of carbonyl (C=O) groups excluding carboxylic acids is 2. The lowest BCUT2D eigenvalue weighted by molar-refractivity contribution is -0.126. The van der Waals surface area contributed by atoms with E-state index in [9.17, 15) is 14.4 Å². The number of nitrogens with one attached hydrogen (secondary N) is 1. The van der Waals surface area contributed by atoms with Crippen molar-refractivity contribution in [3.8, 4) is 5.75 Å². The van der Waals surface area contributed by atoms with Crippen molar-refractivity contribution in [2.24, 2.45) is 0 Å². The Hall–Kier alpha value is -3.17. The number of thioether (sulfide) groups is 1. The third kappa shape index (κ3) is 5.25. The van der Waals surface area contributed by atoms with Crippen molar-refractivity contribution in [2.75, 3.05) is 18.5 Å². The van der Waals surface area contributed by atoms with E-state index in [0.717, 1.165) is 23.1 Å². The van der Waals surface area contributed by atoms with Crippen molar-refractivity contribution in [3.05, 3.63) is 64.6 Å². The van der Waals surface area contributed by atoms with Crippen LogP contribution in [-0.4, -0.2) is 45.3 Å². The van der Waals surface area contributed by atoms with Crippen LogP contribution in [0.1, 0.15) is 22.8 Å². The SMILES string of the molecule is CCOc1ccc(C=C2SC(=S)N(CC(=O)Nc3ccc(C(=O)O)cc3)C2=O)cc1. The molecule has 7 nitrogen and oxygen atoms in total. The van der Waals surface area contributed by atoms with Gasteiger partial charge in [0.25, 0.3) is 5.91 Å². The highest BCUT2D eigenvalue weighted by Crippen LogP contribution is 2.32. The summed E-state index contributed by atoms with van der Waals surface area (Å²) in [6.45, 7) is 2.25. The second kappa shape index (κ2) is 9.55. The molecule has 1 aliphatic rings. The van der Waals surface area contributed by atoms with Gasteiger partial charge in [-0.05, 0) is 55.0 Å². The lowest BCUT2D eigenvalue weighted by Gasteiger charge is -2.14. The van der Waals surface area contributed by atoms with E-state index >= 15 is 0 Å². The molecule has 0 unspecified atom stereocenters. The van der Waals surface area contributed by atoms with Crippen LogP contribution in [0.3, 0.4) is 0 Å². The zero-order valence-corrected chi connectivity index (χ0v) is 17.6. The summed E-state index contributed by atoms with van der Waals surface area (Å²) in [4.78, 5) is 37.6. The fraction of sp³-hybridized carbons (Fsp3) is 0.143. The van der Waals surface area contributed by atoms with Gasteiger partial charge in [0.1, 0.15) is 16.6 Å². The largest absolute Gasteiger partial charge is 0.494 e. The van der Waals surface area contributed by atoms with Gasteiger partial charge in [-0.25, -0.2) is 4.79 Å². The van der Waals surface area contributed by atoms with Gasteiger partial charge in [-0.3, -0.25) is 14.5 Å². The molecule has 1 fully saturated rings. The molecule has 9 heteroatoms. The number of carboxylic acid groups (broad SMARTS) is 1. The van der Waals surface area contributed by atoms with Crippen molar-refractivity contribution in [1.29, 1.82) is 0 Å². The van der Waals surface area contributed by atoms with Gasteiger partial charge >= 0.3 is 5.97 Å². The Morgan fingerprint density at radius 2 is 1.83 bits per heavy atom. The zero-order chi connectivity index (χ0) is 21.7. The predicted molar refractivity (Wildman–Crippen MR) is 120 cm³/mol. The van der Waals surface area contributed by atoms with Crippen molar-refractivity contribution < 1.29 is 24.2 Å². The average molecular weight is 443 g/mol. The quantitative estimate of drug-likeness (QED) is 0.499. The number of nitrogens with zero attached hydrogens (tertiary/aromatic N) is 1. The first-order chi connectivity index (χ1) is 14.4. The van der Waals surface area contributed by atoms with Crippen LogP contribution >= 0.6 is 24.0 Å². The number of carbonyl (C=O) groups is 3. The molecular weight excluding hydrogens is 424 g/mol. The molecule has 2 aromatic carbocycles. The van der Waals surface area contributed by atoms with E-state index < -0.39 is 11.9 Å². The first kappa shape index (κ1) is 21.5. The Balaban J connectivity index is 1.64. The second-order valence-electron chi connectivity index (χ2n) is 6.20. The van der Waals surface area contributed by atoms with Gasteiger partial charge in [-0.2, -0.15) is 0 Å². The number of benzene rings is 2. The van der Waals surface area contributed by atoms with Crippen LogP contribution in [-0.2, 0) is 9.59 Å². The molecule has 0 aromatic heterocycles. The number of rotatable bonds is 7. The highest BCUT2D eigenvalue weighted by atomic mass is 32.2. The van der Waals surface area contributed by atoms with Gasteiger partial charge in [0.05, 0.1) is 17.1 Å². The highest BCUT2D eigenvalue weighted by molar-refractivity contribution is 8.26. The van der Waals surface area contributed by atoms with Gasteiger partial charge in [0.2, 0.25) is 5.91 Å². The van der Waals surface area contributed by atoms with Crippen LogP contribution < -0.4 is 10.1 Å². The minimum atomic E-state index is -1.05. The molecule has 0 saturated carbocycles. The molecule has 154 valence electrons. The number of amides is 2. The van der Waals surface area contributed by atoms with E-state index in [1.54, 1.807) is 6.08 Å². The van der Waals surface area contributed by atoms with Crippen molar-refractivity contribution in [1.82, 2.24) is 4.90 Å². The summed E-state index contributed by atoms with van der Waals surface area (Å²) in [6.07, 6.45) is 1.72. The Bertz CT molecular complexity index is 1020. The topological polar surface area (TPSA) is 95.9 Å². The number of thiocarbonyl (C=S) groups is 1. The van der Waals surface area contributed by atoms with E-state index in [2.05, 4.69) is 5.32 Å². The normalized spacial score (nSPS) is 14.8. The number of ether oxygens (including phenoxy) is 1. The maximum atomic E-state index is 12.7. The van der Waals surface area contributed by atoms with Crippen LogP contribution in [0.25, 0.3) is 6.08 Å². The van der Waals surface area contributed by atoms with E-state index in [1.807, 2.05) is 31.2 Å². The molecule has 0 spiro atoms. The summed E-state index contributed by atoms with van der Waals surface area (Å²) in [5.41, 5.74) is 1.37. The summed E-state index contributed by atoms with van der Waals surface area (Å²) in [7, 11) is 0. The first-order valence-electron chi connectivity index (χ1n) is 8.99. The van der Waals surface area contributed by atoms with E-state index in [4.69, 9.17) is 22.1 Å². The number of aromatic carboxylic acids is 1. The predicted octanol–water partition coefficient (Wildman–Crippen LogP) is 3.62. The van der Waals surface area contributed by atoms with Gasteiger partial charge < -0.3 is 15.2 Å². The standard InChI is InChI=1S/C21H18N2O5S2/c1-2-28-16-9-3-13(4-10-16)11-17-19(25)23(21(29)30-17)12-18(24)22-15-7-5-14(6-8-15)20(26)27/h3-11H,2,12H2,1H3,(H,22,24)(H,26,27). The third-order valence-corrected chi connectivity index (χ3v) is 5.46. The average Bonchev–Trinajstić information content (AvgIpc) is 2.97. The van der Waals surface area contributed by atoms with Crippen LogP contribution in [0.4, 0.5) is 5.69 Å². The minimum Gasteiger partial charge on any atom is -0.494 e. The molecule has 2 N–H and O–H groups in total.